The minimum atomic E-state index is -0.387. The van der Waals surface area contributed by atoms with Crippen LogP contribution in [0.4, 0.5) is 0 Å². The van der Waals surface area contributed by atoms with E-state index in [1.54, 1.807) is 0 Å². The van der Waals surface area contributed by atoms with Crippen molar-refractivity contribution in [2.24, 2.45) is 0 Å². The van der Waals surface area contributed by atoms with E-state index in [-0.39, 0.29) is 25.2 Å². The summed E-state index contributed by atoms with van der Waals surface area (Å²) in [5.41, 5.74) is 1.17. The second kappa shape index (κ2) is 8.86. The predicted octanol–water partition coefficient (Wildman–Crippen LogP) is 0.0983. The lowest BCUT2D eigenvalue weighted by molar-refractivity contribution is -0.138. The molecule has 0 bridgehead atoms. The van der Waals surface area contributed by atoms with E-state index in [2.05, 4.69) is 5.32 Å². The molecule has 1 aliphatic rings. The largest absolute Gasteiger partial charge is 0.491 e. The maximum atomic E-state index is 12.8. The van der Waals surface area contributed by atoms with Gasteiger partial charge in [0.05, 0.1) is 6.61 Å². The first-order valence-electron chi connectivity index (χ1n) is 8.12. The molecule has 6 heteroatoms. The molecule has 1 saturated heterocycles. The zero-order chi connectivity index (χ0) is 16.7. The topological polar surface area (TPSA) is 65.0 Å². The van der Waals surface area contributed by atoms with Gasteiger partial charge in [-0.3, -0.25) is 9.69 Å². The van der Waals surface area contributed by atoms with Gasteiger partial charge in [0, 0.05) is 32.7 Å². The summed E-state index contributed by atoms with van der Waals surface area (Å²) in [6.45, 7) is 5.84. The first-order valence-corrected chi connectivity index (χ1v) is 8.12. The van der Waals surface area contributed by atoms with Gasteiger partial charge in [-0.1, -0.05) is 17.7 Å². The second-order valence-corrected chi connectivity index (χ2v) is 5.92. The summed E-state index contributed by atoms with van der Waals surface area (Å²) in [6.07, 6.45) is 0. The van der Waals surface area contributed by atoms with Gasteiger partial charge in [0.25, 0.3) is 0 Å². The summed E-state index contributed by atoms with van der Waals surface area (Å²) in [4.78, 5) is 16.5. The van der Waals surface area contributed by atoms with Gasteiger partial charge in [-0.15, -0.1) is 0 Å². The molecule has 1 fully saturated rings. The molecule has 1 aliphatic heterocycles. The summed E-state index contributed by atoms with van der Waals surface area (Å²) in [5.74, 6) is 0.820. The summed E-state index contributed by atoms with van der Waals surface area (Å²) in [7, 11) is 1.85. The van der Waals surface area contributed by atoms with Crippen molar-refractivity contribution in [1.29, 1.82) is 0 Å². The number of carbonyl (C=O) groups excluding carboxylic acids is 1. The molecule has 0 saturated carbocycles. The minimum absolute atomic E-state index is 0.0202. The van der Waals surface area contributed by atoms with Gasteiger partial charge >= 0.3 is 0 Å². The third kappa shape index (κ3) is 5.20. The molecular weight excluding hydrogens is 294 g/mol. The molecule has 1 atom stereocenters. The third-order valence-corrected chi connectivity index (χ3v) is 4.13. The van der Waals surface area contributed by atoms with Crippen LogP contribution in [-0.2, 0) is 4.79 Å². The zero-order valence-corrected chi connectivity index (χ0v) is 14.0. The van der Waals surface area contributed by atoms with E-state index in [0.717, 1.165) is 18.8 Å². The fourth-order valence-electron chi connectivity index (χ4n) is 2.61. The number of hydrogen-bond acceptors (Lipinski definition) is 5. The number of likely N-dealkylation sites (N-methyl/N-ethyl adjacent to an activating group) is 1. The van der Waals surface area contributed by atoms with E-state index in [4.69, 9.17) is 4.74 Å². The van der Waals surface area contributed by atoms with Crippen molar-refractivity contribution < 1.29 is 14.6 Å². The van der Waals surface area contributed by atoms with Crippen LogP contribution in [0.3, 0.4) is 0 Å². The Bertz CT molecular complexity index is 486. The van der Waals surface area contributed by atoms with Gasteiger partial charge in [-0.25, -0.2) is 0 Å². The van der Waals surface area contributed by atoms with Crippen LogP contribution in [0.2, 0.25) is 0 Å². The number of nitrogens with one attached hydrogen (secondary N) is 1. The third-order valence-electron chi connectivity index (χ3n) is 4.13. The Morgan fingerprint density at radius 1 is 1.35 bits per heavy atom. The lowest BCUT2D eigenvalue weighted by Crippen LogP contribution is -2.55. The van der Waals surface area contributed by atoms with Gasteiger partial charge in [0.2, 0.25) is 5.91 Å². The summed E-state index contributed by atoms with van der Waals surface area (Å²) >= 11 is 0. The van der Waals surface area contributed by atoms with Crippen LogP contribution < -0.4 is 10.1 Å². The van der Waals surface area contributed by atoms with Crippen LogP contribution in [0.5, 0.6) is 5.75 Å². The monoisotopic (exact) mass is 321 g/mol. The maximum Gasteiger partial charge on any atom is 0.243 e. The molecule has 0 aromatic heterocycles. The Labute approximate surface area is 138 Å². The van der Waals surface area contributed by atoms with Gasteiger partial charge < -0.3 is 20.1 Å². The zero-order valence-electron chi connectivity index (χ0n) is 14.0. The number of ether oxygens (including phenoxy) is 1. The van der Waals surface area contributed by atoms with Crippen molar-refractivity contribution >= 4 is 5.91 Å². The fourth-order valence-corrected chi connectivity index (χ4v) is 2.61. The van der Waals surface area contributed by atoms with Crippen molar-refractivity contribution in [2.45, 2.75) is 13.0 Å². The molecule has 0 spiro atoms. The molecule has 128 valence electrons. The number of piperazine rings is 1. The van der Waals surface area contributed by atoms with Crippen LogP contribution in [0.25, 0.3) is 0 Å². The van der Waals surface area contributed by atoms with Crippen LogP contribution in [0.1, 0.15) is 5.56 Å². The van der Waals surface area contributed by atoms with Gasteiger partial charge in [-0.05, 0) is 26.1 Å². The molecule has 23 heavy (non-hydrogen) atoms. The summed E-state index contributed by atoms with van der Waals surface area (Å²) in [5, 5.41) is 12.4. The van der Waals surface area contributed by atoms with Crippen LogP contribution in [0.15, 0.2) is 24.3 Å². The quantitative estimate of drug-likeness (QED) is 0.746. The summed E-state index contributed by atoms with van der Waals surface area (Å²) in [6, 6.07) is 7.41. The number of aliphatic hydroxyl groups is 1. The lowest BCUT2D eigenvalue weighted by atomic mass is 10.2. The number of hydrogen-bond donors (Lipinski definition) is 2. The highest BCUT2D eigenvalue weighted by molar-refractivity contribution is 5.82. The smallest absolute Gasteiger partial charge is 0.243 e. The number of benzene rings is 1. The molecule has 1 amide bonds. The van der Waals surface area contributed by atoms with E-state index in [9.17, 15) is 9.90 Å². The Morgan fingerprint density at radius 3 is 2.61 bits per heavy atom. The number of rotatable bonds is 7. The predicted molar refractivity (Wildman–Crippen MR) is 89.6 cm³/mol. The lowest BCUT2D eigenvalue weighted by Gasteiger charge is -2.34. The number of carbonyl (C=O) groups is 1. The molecule has 1 aromatic carbocycles. The number of amides is 1. The van der Waals surface area contributed by atoms with E-state index in [0.29, 0.717) is 19.6 Å². The SMILES string of the molecule is Cc1ccc(OCC(C(=O)N2CCNCC2)N(C)CCO)cc1. The summed E-state index contributed by atoms with van der Waals surface area (Å²) < 4.78 is 5.82. The highest BCUT2D eigenvalue weighted by atomic mass is 16.5. The van der Waals surface area contributed by atoms with E-state index in [1.807, 2.05) is 48.0 Å². The number of nitrogens with zero attached hydrogens (tertiary/aromatic N) is 2. The van der Waals surface area contributed by atoms with Gasteiger partial charge in [-0.2, -0.15) is 0 Å². The Hall–Kier alpha value is -1.63. The Morgan fingerprint density at radius 2 is 2.00 bits per heavy atom. The minimum Gasteiger partial charge on any atom is -0.491 e. The van der Waals surface area contributed by atoms with E-state index >= 15 is 0 Å². The van der Waals surface area contributed by atoms with Crippen molar-refractivity contribution in [3.8, 4) is 5.75 Å². The molecular formula is C17H27N3O3. The Kier molecular flexibility index (Phi) is 6.83. The molecule has 0 radical (unpaired) electrons. The normalized spacial score (nSPS) is 16.4. The van der Waals surface area contributed by atoms with Crippen LogP contribution >= 0.6 is 0 Å². The molecule has 1 aromatic rings. The molecule has 6 nitrogen and oxygen atoms in total. The van der Waals surface area contributed by atoms with Crippen molar-refractivity contribution in [3.05, 3.63) is 29.8 Å². The molecule has 1 unspecified atom stereocenters. The van der Waals surface area contributed by atoms with Crippen molar-refractivity contribution in [3.63, 3.8) is 0 Å². The fraction of sp³-hybridized carbons (Fsp3) is 0.588. The second-order valence-electron chi connectivity index (χ2n) is 5.92. The molecule has 0 aliphatic carbocycles. The average molecular weight is 321 g/mol. The number of aryl methyl sites for hydroxylation is 1. The van der Waals surface area contributed by atoms with Crippen molar-refractivity contribution in [2.75, 3.05) is 53.0 Å². The number of aliphatic hydroxyl groups excluding tert-OH is 1. The van der Waals surface area contributed by atoms with Crippen LogP contribution in [-0.4, -0.2) is 79.8 Å². The van der Waals surface area contributed by atoms with E-state index in [1.165, 1.54) is 5.56 Å². The van der Waals surface area contributed by atoms with Crippen molar-refractivity contribution in [1.82, 2.24) is 15.1 Å². The first kappa shape index (κ1) is 17.7. The molecule has 2 N–H and O–H groups in total. The average Bonchev–Trinajstić information content (AvgIpc) is 2.57. The molecule has 1 heterocycles. The highest BCUT2D eigenvalue weighted by Crippen LogP contribution is 2.13. The van der Waals surface area contributed by atoms with Gasteiger partial charge in [0.1, 0.15) is 18.4 Å². The van der Waals surface area contributed by atoms with Crippen LogP contribution in [0, 0.1) is 6.92 Å². The van der Waals surface area contributed by atoms with Gasteiger partial charge in [0.15, 0.2) is 0 Å². The van der Waals surface area contributed by atoms with E-state index < -0.39 is 0 Å². The first-order chi connectivity index (χ1) is 11.1. The Balaban J connectivity index is 2.00. The standard InChI is InChI=1S/C17H27N3O3/c1-14-3-5-15(6-4-14)23-13-16(19(2)11-12-21)17(22)20-9-7-18-8-10-20/h3-6,16,18,21H,7-13H2,1-2H3. The maximum absolute atomic E-state index is 12.8. The molecule has 2 rings (SSSR count). The highest BCUT2D eigenvalue weighted by Gasteiger charge is 2.29.